The van der Waals surface area contributed by atoms with Crippen LogP contribution in [-0.4, -0.2) is 59.5 Å². The average molecular weight is 313 g/mol. The molecular weight excluding hydrogens is 294 g/mol. The van der Waals surface area contributed by atoms with Gasteiger partial charge in [-0.05, 0) is 6.92 Å². The number of thioether (sulfide) groups is 1. The number of ether oxygens (including phenoxy) is 1. The molecule has 10 heteroatoms. The van der Waals surface area contributed by atoms with Gasteiger partial charge in [0, 0.05) is 19.6 Å². The zero-order valence-corrected chi connectivity index (χ0v) is 12.7. The van der Waals surface area contributed by atoms with E-state index in [-0.39, 0.29) is 11.7 Å². The van der Waals surface area contributed by atoms with E-state index in [1.54, 1.807) is 0 Å². The van der Waals surface area contributed by atoms with Gasteiger partial charge in [0.2, 0.25) is 17.8 Å². The van der Waals surface area contributed by atoms with E-state index in [9.17, 15) is 4.79 Å². The maximum atomic E-state index is 11.2. The van der Waals surface area contributed by atoms with Crippen LogP contribution in [0.4, 0.5) is 11.9 Å². The van der Waals surface area contributed by atoms with Gasteiger partial charge in [0.05, 0.1) is 19.0 Å². The lowest BCUT2D eigenvalue weighted by molar-refractivity contribution is -0.118. The Labute approximate surface area is 127 Å². The second-order valence-corrected chi connectivity index (χ2v) is 5.17. The van der Waals surface area contributed by atoms with Crippen molar-refractivity contribution in [1.29, 1.82) is 0 Å². The van der Waals surface area contributed by atoms with Crippen LogP contribution in [0.2, 0.25) is 0 Å². The van der Waals surface area contributed by atoms with Gasteiger partial charge in [-0.25, -0.2) is 5.84 Å². The highest BCUT2D eigenvalue weighted by Crippen LogP contribution is 2.19. The largest absolute Gasteiger partial charge is 0.378 e. The summed E-state index contributed by atoms with van der Waals surface area (Å²) in [6.45, 7) is 5.46. The lowest BCUT2D eigenvalue weighted by Gasteiger charge is -2.27. The van der Waals surface area contributed by atoms with Crippen LogP contribution < -0.4 is 21.5 Å². The van der Waals surface area contributed by atoms with Gasteiger partial charge in [-0.2, -0.15) is 15.0 Å². The highest BCUT2D eigenvalue weighted by molar-refractivity contribution is 7.99. The first-order valence-corrected chi connectivity index (χ1v) is 7.66. The minimum atomic E-state index is -0.279. The summed E-state index contributed by atoms with van der Waals surface area (Å²) in [4.78, 5) is 26.3. The zero-order chi connectivity index (χ0) is 15.1. The number of morpholine rings is 1. The quantitative estimate of drug-likeness (QED) is 0.269. The van der Waals surface area contributed by atoms with Crippen LogP contribution in [0.5, 0.6) is 0 Å². The SMILES string of the molecule is CCNc1nc(SCC(=O)NN)nc(N2CCOCC2)n1. The van der Waals surface area contributed by atoms with Crippen molar-refractivity contribution in [3.63, 3.8) is 0 Å². The number of hydrazine groups is 1. The summed E-state index contributed by atoms with van der Waals surface area (Å²) in [6, 6.07) is 0. The number of aromatic nitrogens is 3. The van der Waals surface area contributed by atoms with E-state index in [4.69, 9.17) is 10.6 Å². The van der Waals surface area contributed by atoms with Crippen LogP contribution in [-0.2, 0) is 9.53 Å². The Kier molecular flexibility index (Phi) is 5.96. The molecule has 4 N–H and O–H groups in total. The van der Waals surface area contributed by atoms with E-state index in [1.807, 2.05) is 11.8 Å². The number of carbonyl (C=O) groups excluding carboxylic acids is 1. The van der Waals surface area contributed by atoms with Gasteiger partial charge in [0.25, 0.3) is 0 Å². The molecule has 0 aliphatic carbocycles. The molecule has 0 spiro atoms. The number of carbonyl (C=O) groups is 1. The molecular formula is C11H19N7O2S. The number of anilines is 2. The minimum absolute atomic E-state index is 0.161. The highest BCUT2D eigenvalue weighted by Gasteiger charge is 2.17. The van der Waals surface area contributed by atoms with Crippen LogP contribution >= 0.6 is 11.8 Å². The second kappa shape index (κ2) is 7.96. The normalized spacial score (nSPS) is 14.9. The number of amides is 1. The smallest absolute Gasteiger partial charge is 0.244 e. The van der Waals surface area contributed by atoms with E-state index in [0.29, 0.717) is 36.8 Å². The van der Waals surface area contributed by atoms with Crippen molar-refractivity contribution >= 4 is 29.6 Å². The van der Waals surface area contributed by atoms with Crippen LogP contribution in [0.15, 0.2) is 5.16 Å². The van der Waals surface area contributed by atoms with Crippen molar-refractivity contribution < 1.29 is 9.53 Å². The summed E-state index contributed by atoms with van der Waals surface area (Å²) in [6.07, 6.45) is 0. The van der Waals surface area contributed by atoms with Gasteiger partial charge in [-0.3, -0.25) is 10.2 Å². The minimum Gasteiger partial charge on any atom is -0.378 e. The molecule has 0 saturated carbocycles. The fraction of sp³-hybridized carbons (Fsp3) is 0.636. The molecule has 1 fully saturated rings. The number of nitrogens with one attached hydrogen (secondary N) is 2. The maximum absolute atomic E-state index is 11.2. The topological polar surface area (TPSA) is 118 Å². The average Bonchev–Trinajstić information content (AvgIpc) is 2.53. The molecule has 1 aromatic rings. The molecule has 1 saturated heterocycles. The number of nitrogens with two attached hydrogens (primary N) is 1. The van der Waals surface area contributed by atoms with Crippen molar-refractivity contribution in [2.24, 2.45) is 5.84 Å². The first-order valence-electron chi connectivity index (χ1n) is 6.67. The maximum Gasteiger partial charge on any atom is 0.244 e. The third-order valence-corrected chi connectivity index (χ3v) is 3.57. The molecule has 0 aromatic carbocycles. The molecule has 2 heterocycles. The van der Waals surface area contributed by atoms with Crippen molar-refractivity contribution in [1.82, 2.24) is 20.4 Å². The summed E-state index contributed by atoms with van der Waals surface area (Å²) in [5.74, 6) is 6.04. The number of rotatable bonds is 6. The summed E-state index contributed by atoms with van der Waals surface area (Å²) in [5, 5.41) is 3.56. The summed E-state index contributed by atoms with van der Waals surface area (Å²) in [7, 11) is 0. The van der Waals surface area contributed by atoms with E-state index in [1.165, 1.54) is 11.8 Å². The lowest BCUT2D eigenvalue weighted by Crippen LogP contribution is -2.37. The predicted octanol–water partition coefficient (Wildman–Crippen LogP) is -0.778. The molecule has 0 radical (unpaired) electrons. The Balaban J connectivity index is 2.14. The third-order valence-electron chi connectivity index (χ3n) is 2.73. The van der Waals surface area contributed by atoms with Crippen molar-refractivity contribution in [2.45, 2.75) is 12.1 Å². The number of hydrogen-bond acceptors (Lipinski definition) is 9. The van der Waals surface area contributed by atoms with Gasteiger partial charge < -0.3 is 15.0 Å². The van der Waals surface area contributed by atoms with Crippen LogP contribution in [0, 0.1) is 0 Å². The van der Waals surface area contributed by atoms with Gasteiger partial charge in [0.1, 0.15) is 0 Å². The summed E-state index contributed by atoms with van der Waals surface area (Å²) >= 11 is 1.22. The van der Waals surface area contributed by atoms with E-state index in [0.717, 1.165) is 13.1 Å². The van der Waals surface area contributed by atoms with Crippen molar-refractivity contribution in [2.75, 3.05) is 48.8 Å². The predicted molar refractivity (Wildman–Crippen MR) is 80.1 cm³/mol. The Bertz CT molecular complexity index is 482. The van der Waals surface area contributed by atoms with Crippen molar-refractivity contribution in [3.05, 3.63) is 0 Å². The molecule has 1 aliphatic rings. The standard InChI is InChI=1S/C11H19N7O2S/c1-2-13-9-14-10(18-3-5-20-6-4-18)16-11(15-9)21-7-8(19)17-12/h2-7,12H2,1H3,(H,17,19)(H,13,14,15,16). The first-order chi connectivity index (χ1) is 10.2. The Morgan fingerprint density at radius 3 is 2.81 bits per heavy atom. The van der Waals surface area contributed by atoms with Crippen LogP contribution in [0.3, 0.4) is 0 Å². The second-order valence-electron chi connectivity index (χ2n) is 4.23. The van der Waals surface area contributed by atoms with Crippen molar-refractivity contribution in [3.8, 4) is 0 Å². The molecule has 21 heavy (non-hydrogen) atoms. The number of nitrogens with zero attached hydrogens (tertiary/aromatic N) is 4. The molecule has 0 bridgehead atoms. The lowest BCUT2D eigenvalue weighted by atomic mass is 10.4. The first kappa shape index (κ1) is 15.7. The molecule has 2 rings (SSSR count). The van der Waals surface area contributed by atoms with E-state index >= 15 is 0 Å². The Morgan fingerprint density at radius 2 is 2.14 bits per heavy atom. The number of hydrogen-bond donors (Lipinski definition) is 3. The zero-order valence-electron chi connectivity index (χ0n) is 11.8. The molecule has 116 valence electrons. The third kappa shape index (κ3) is 4.69. The Hall–Kier alpha value is -1.65. The molecule has 1 aliphatic heterocycles. The highest BCUT2D eigenvalue weighted by atomic mass is 32.2. The van der Waals surface area contributed by atoms with E-state index < -0.39 is 0 Å². The summed E-state index contributed by atoms with van der Waals surface area (Å²) in [5.41, 5.74) is 2.08. The van der Waals surface area contributed by atoms with Crippen LogP contribution in [0.1, 0.15) is 6.92 Å². The van der Waals surface area contributed by atoms with Gasteiger partial charge in [-0.15, -0.1) is 0 Å². The molecule has 1 amide bonds. The van der Waals surface area contributed by atoms with Gasteiger partial charge >= 0.3 is 0 Å². The van der Waals surface area contributed by atoms with Gasteiger partial charge in [-0.1, -0.05) is 11.8 Å². The van der Waals surface area contributed by atoms with E-state index in [2.05, 4.69) is 25.7 Å². The van der Waals surface area contributed by atoms with Crippen LogP contribution in [0.25, 0.3) is 0 Å². The molecule has 0 unspecified atom stereocenters. The Morgan fingerprint density at radius 1 is 1.38 bits per heavy atom. The molecule has 0 atom stereocenters. The van der Waals surface area contributed by atoms with Gasteiger partial charge in [0.15, 0.2) is 5.16 Å². The monoisotopic (exact) mass is 313 g/mol. The fourth-order valence-electron chi connectivity index (χ4n) is 1.72. The summed E-state index contributed by atoms with van der Waals surface area (Å²) < 4.78 is 5.32. The molecule has 9 nitrogen and oxygen atoms in total. The fourth-order valence-corrected chi connectivity index (χ4v) is 2.36. The molecule has 1 aromatic heterocycles.